The Balaban J connectivity index is 2.47. The highest BCUT2D eigenvalue weighted by molar-refractivity contribution is 5.78. The minimum atomic E-state index is -0.0382. The van der Waals surface area contributed by atoms with E-state index in [0.717, 1.165) is 24.8 Å². The maximum absolute atomic E-state index is 11.9. The van der Waals surface area contributed by atoms with Gasteiger partial charge in [0.15, 0.2) is 0 Å². The van der Waals surface area contributed by atoms with Crippen LogP contribution in [0.3, 0.4) is 0 Å². The van der Waals surface area contributed by atoms with Crippen LogP contribution in [0.2, 0.25) is 0 Å². The molecule has 0 aliphatic carbocycles. The van der Waals surface area contributed by atoms with E-state index in [1.54, 1.807) is 25.3 Å². The molecule has 1 atom stereocenters. The summed E-state index contributed by atoms with van der Waals surface area (Å²) in [6, 6.07) is 6.83. The molecular weight excluding hydrogens is 242 g/mol. The molecule has 0 bridgehead atoms. The lowest BCUT2D eigenvalue weighted by molar-refractivity contribution is -0.121. The zero-order chi connectivity index (χ0) is 14.1. The Kier molecular flexibility index (Phi) is 6.97. The molecule has 0 saturated heterocycles. The van der Waals surface area contributed by atoms with E-state index in [-0.39, 0.29) is 24.1 Å². The molecule has 1 amide bonds. The second-order valence-electron chi connectivity index (χ2n) is 4.71. The number of hydrogen-bond donors (Lipinski definition) is 2. The van der Waals surface area contributed by atoms with Crippen LogP contribution in [-0.2, 0) is 16.0 Å². The summed E-state index contributed by atoms with van der Waals surface area (Å²) in [5, 5.41) is 12.3. The number of phenolic OH excluding ortho intramolecular Hbond substituents is 1. The predicted molar refractivity (Wildman–Crippen MR) is 75.1 cm³/mol. The van der Waals surface area contributed by atoms with Crippen molar-refractivity contribution in [3.63, 3.8) is 0 Å². The first-order chi connectivity index (χ1) is 9.15. The third-order valence-corrected chi connectivity index (χ3v) is 2.91. The summed E-state index contributed by atoms with van der Waals surface area (Å²) < 4.78 is 5.12. The number of unbranched alkanes of at least 4 members (excludes halogenated alkanes) is 1. The van der Waals surface area contributed by atoms with E-state index in [4.69, 9.17) is 4.74 Å². The van der Waals surface area contributed by atoms with E-state index in [1.807, 2.05) is 6.07 Å². The number of amides is 1. The molecular formula is C15H23NO3. The van der Waals surface area contributed by atoms with Gasteiger partial charge in [-0.2, -0.15) is 0 Å². The molecule has 0 heterocycles. The standard InChI is InChI=1S/C15H23NO3/c1-3-4-7-13(11-19-2)16-15(18)10-12-6-5-8-14(17)9-12/h5-6,8-9,13,17H,3-4,7,10-11H2,1-2H3,(H,16,18)/t13-/m1/s1. The average molecular weight is 265 g/mol. The lowest BCUT2D eigenvalue weighted by Gasteiger charge is -2.17. The van der Waals surface area contributed by atoms with Crippen LogP contribution in [0.5, 0.6) is 5.75 Å². The van der Waals surface area contributed by atoms with Crippen LogP contribution in [-0.4, -0.2) is 30.8 Å². The van der Waals surface area contributed by atoms with Crippen molar-refractivity contribution in [2.45, 2.75) is 38.6 Å². The molecule has 0 unspecified atom stereocenters. The Morgan fingerprint density at radius 3 is 2.89 bits per heavy atom. The molecule has 0 saturated carbocycles. The van der Waals surface area contributed by atoms with Crippen LogP contribution < -0.4 is 5.32 Å². The monoisotopic (exact) mass is 265 g/mol. The molecule has 4 nitrogen and oxygen atoms in total. The summed E-state index contributed by atoms with van der Waals surface area (Å²) in [6.07, 6.45) is 3.37. The molecule has 19 heavy (non-hydrogen) atoms. The van der Waals surface area contributed by atoms with Crippen molar-refractivity contribution in [3.05, 3.63) is 29.8 Å². The van der Waals surface area contributed by atoms with E-state index in [0.29, 0.717) is 6.61 Å². The van der Waals surface area contributed by atoms with Gasteiger partial charge in [-0.1, -0.05) is 31.9 Å². The summed E-state index contributed by atoms with van der Waals surface area (Å²) in [6.45, 7) is 2.66. The minimum Gasteiger partial charge on any atom is -0.508 e. The summed E-state index contributed by atoms with van der Waals surface area (Å²) >= 11 is 0. The molecule has 0 radical (unpaired) electrons. The number of carbonyl (C=O) groups is 1. The predicted octanol–water partition coefficient (Wildman–Crippen LogP) is 2.26. The number of aromatic hydroxyl groups is 1. The molecule has 0 spiro atoms. The van der Waals surface area contributed by atoms with Crippen LogP contribution in [0, 0.1) is 0 Å². The second kappa shape index (κ2) is 8.53. The molecule has 2 N–H and O–H groups in total. The topological polar surface area (TPSA) is 58.6 Å². The van der Waals surface area contributed by atoms with Crippen molar-refractivity contribution < 1.29 is 14.6 Å². The van der Waals surface area contributed by atoms with Crippen LogP contribution in [0.15, 0.2) is 24.3 Å². The fourth-order valence-corrected chi connectivity index (χ4v) is 1.98. The highest BCUT2D eigenvalue weighted by Gasteiger charge is 2.12. The van der Waals surface area contributed by atoms with E-state index >= 15 is 0 Å². The van der Waals surface area contributed by atoms with E-state index in [1.165, 1.54) is 0 Å². The second-order valence-corrected chi connectivity index (χ2v) is 4.71. The molecule has 4 heteroatoms. The van der Waals surface area contributed by atoms with Crippen LogP contribution >= 0.6 is 0 Å². The summed E-state index contributed by atoms with van der Waals surface area (Å²) in [7, 11) is 1.64. The molecule has 0 aliphatic heterocycles. The Morgan fingerprint density at radius 1 is 1.47 bits per heavy atom. The molecule has 1 aromatic rings. The zero-order valence-electron chi connectivity index (χ0n) is 11.7. The van der Waals surface area contributed by atoms with Gasteiger partial charge in [-0.3, -0.25) is 4.79 Å². The molecule has 1 rings (SSSR count). The van der Waals surface area contributed by atoms with Crippen molar-refractivity contribution in [1.29, 1.82) is 0 Å². The van der Waals surface area contributed by atoms with E-state index < -0.39 is 0 Å². The summed E-state index contributed by atoms with van der Waals surface area (Å²) in [5.41, 5.74) is 0.809. The number of ether oxygens (including phenoxy) is 1. The van der Waals surface area contributed by atoms with Gasteiger partial charge in [0, 0.05) is 7.11 Å². The number of carbonyl (C=O) groups excluding carboxylic acids is 1. The van der Waals surface area contributed by atoms with E-state index in [9.17, 15) is 9.90 Å². The van der Waals surface area contributed by atoms with Crippen LogP contribution in [0.4, 0.5) is 0 Å². The van der Waals surface area contributed by atoms with Crippen LogP contribution in [0.25, 0.3) is 0 Å². The SMILES string of the molecule is CCCC[C@H](COC)NC(=O)Cc1cccc(O)c1. The smallest absolute Gasteiger partial charge is 0.224 e. The van der Waals surface area contributed by atoms with Crippen molar-refractivity contribution >= 4 is 5.91 Å². The maximum atomic E-state index is 11.9. The molecule has 0 aliphatic rings. The Labute approximate surface area is 114 Å². The lowest BCUT2D eigenvalue weighted by atomic mass is 10.1. The van der Waals surface area contributed by atoms with E-state index in [2.05, 4.69) is 12.2 Å². The largest absolute Gasteiger partial charge is 0.508 e. The third kappa shape index (κ3) is 6.25. The normalized spacial score (nSPS) is 12.1. The first-order valence-corrected chi connectivity index (χ1v) is 6.72. The number of benzene rings is 1. The van der Waals surface area contributed by atoms with Gasteiger partial charge >= 0.3 is 0 Å². The number of phenols is 1. The van der Waals surface area contributed by atoms with Gasteiger partial charge in [0.2, 0.25) is 5.91 Å². The van der Waals surface area contributed by atoms with Gasteiger partial charge in [0.1, 0.15) is 5.75 Å². The Hall–Kier alpha value is -1.55. The average Bonchev–Trinajstić information content (AvgIpc) is 2.36. The molecule has 0 fully saturated rings. The van der Waals surface area contributed by atoms with Crippen molar-refractivity contribution in [1.82, 2.24) is 5.32 Å². The molecule has 106 valence electrons. The van der Waals surface area contributed by atoms with Crippen molar-refractivity contribution in [2.75, 3.05) is 13.7 Å². The zero-order valence-corrected chi connectivity index (χ0v) is 11.7. The fourth-order valence-electron chi connectivity index (χ4n) is 1.98. The summed E-state index contributed by atoms with van der Waals surface area (Å²) in [4.78, 5) is 11.9. The number of hydrogen-bond acceptors (Lipinski definition) is 3. The first kappa shape index (κ1) is 15.5. The fraction of sp³-hybridized carbons (Fsp3) is 0.533. The van der Waals surface area contributed by atoms with Gasteiger partial charge in [-0.25, -0.2) is 0 Å². The highest BCUT2D eigenvalue weighted by Crippen LogP contribution is 2.11. The quantitative estimate of drug-likeness (QED) is 0.758. The Bertz CT molecular complexity index is 393. The van der Waals surface area contributed by atoms with Gasteiger partial charge < -0.3 is 15.2 Å². The summed E-state index contributed by atoms with van der Waals surface area (Å²) in [5.74, 6) is 0.147. The van der Waals surface area contributed by atoms with Gasteiger partial charge in [0.05, 0.1) is 19.1 Å². The number of methoxy groups -OCH3 is 1. The van der Waals surface area contributed by atoms with Gasteiger partial charge in [-0.05, 0) is 24.1 Å². The van der Waals surface area contributed by atoms with Crippen molar-refractivity contribution in [2.24, 2.45) is 0 Å². The Morgan fingerprint density at radius 2 is 2.26 bits per heavy atom. The molecule has 1 aromatic carbocycles. The minimum absolute atomic E-state index is 0.0382. The molecule has 0 aromatic heterocycles. The highest BCUT2D eigenvalue weighted by atomic mass is 16.5. The maximum Gasteiger partial charge on any atom is 0.224 e. The first-order valence-electron chi connectivity index (χ1n) is 6.72. The van der Waals surface area contributed by atoms with Crippen LogP contribution in [0.1, 0.15) is 31.7 Å². The van der Waals surface area contributed by atoms with Crippen molar-refractivity contribution in [3.8, 4) is 5.75 Å². The number of nitrogens with one attached hydrogen (secondary N) is 1. The van der Waals surface area contributed by atoms with Gasteiger partial charge in [-0.15, -0.1) is 0 Å². The third-order valence-electron chi connectivity index (χ3n) is 2.91. The van der Waals surface area contributed by atoms with Gasteiger partial charge in [0.25, 0.3) is 0 Å². The lowest BCUT2D eigenvalue weighted by Crippen LogP contribution is -2.38. The number of rotatable bonds is 8.